The molecule has 3 nitrogen and oxygen atoms in total. The standard InChI is InChI=1S/C14H20N2OS/c1-2-16(12-7-9-15-10-8-12)14(17)6-5-13-4-3-11-18-13/h3-6,11-12,15H,2,7-10H2,1H3/b6-5+. The van der Waals surface area contributed by atoms with Crippen molar-refractivity contribution in [3.63, 3.8) is 0 Å². The predicted molar refractivity (Wildman–Crippen MR) is 76.6 cm³/mol. The first-order chi connectivity index (χ1) is 8.81. The van der Waals surface area contributed by atoms with Gasteiger partial charge < -0.3 is 10.2 Å². The van der Waals surface area contributed by atoms with E-state index in [2.05, 4.69) is 12.2 Å². The maximum Gasteiger partial charge on any atom is 0.246 e. The maximum atomic E-state index is 12.2. The molecule has 98 valence electrons. The Bertz CT molecular complexity index is 394. The van der Waals surface area contributed by atoms with Crippen molar-refractivity contribution in [2.75, 3.05) is 19.6 Å². The van der Waals surface area contributed by atoms with Crippen LogP contribution in [0.15, 0.2) is 23.6 Å². The summed E-state index contributed by atoms with van der Waals surface area (Å²) in [5, 5.41) is 5.36. The number of nitrogens with one attached hydrogen (secondary N) is 1. The monoisotopic (exact) mass is 264 g/mol. The number of rotatable bonds is 4. The van der Waals surface area contributed by atoms with E-state index in [1.165, 1.54) is 0 Å². The molecule has 0 bridgehead atoms. The Hall–Kier alpha value is -1.13. The van der Waals surface area contributed by atoms with E-state index in [9.17, 15) is 4.79 Å². The molecule has 1 amide bonds. The third kappa shape index (κ3) is 3.43. The van der Waals surface area contributed by atoms with Crippen LogP contribution in [-0.2, 0) is 4.79 Å². The van der Waals surface area contributed by atoms with Crippen LogP contribution in [0.2, 0.25) is 0 Å². The first-order valence-electron chi connectivity index (χ1n) is 6.54. The molecule has 0 atom stereocenters. The molecule has 1 N–H and O–H groups in total. The fraction of sp³-hybridized carbons (Fsp3) is 0.500. The number of carbonyl (C=O) groups is 1. The Morgan fingerprint density at radius 2 is 2.33 bits per heavy atom. The number of piperidine rings is 1. The van der Waals surface area contributed by atoms with Crippen LogP contribution >= 0.6 is 11.3 Å². The molecule has 0 aromatic carbocycles. The lowest BCUT2D eigenvalue weighted by Crippen LogP contribution is -2.45. The number of hydrogen-bond acceptors (Lipinski definition) is 3. The van der Waals surface area contributed by atoms with E-state index in [4.69, 9.17) is 0 Å². The number of likely N-dealkylation sites (N-methyl/N-ethyl adjacent to an activating group) is 1. The van der Waals surface area contributed by atoms with Crippen molar-refractivity contribution in [2.45, 2.75) is 25.8 Å². The van der Waals surface area contributed by atoms with Gasteiger partial charge in [-0.3, -0.25) is 4.79 Å². The minimum atomic E-state index is 0.137. The summed E-state index contributed by atoms with van der Waals surface area (Å²) < 4.78 is 0. The largest absolute Gasteiger partial charge is 0.336 e. The summed E-state index contributed by atoms with van der Waals surface area (Å²) in [6.07, 6.45) is 5.74. The average molecular weight is 264 g/mol. The lowest BCUT2D eigenvalue weighted by atomic mass is 10.0. The van der Waals surface area contributed by atoms with Crippen molar-refractivity contribution < 1.29 is 4.79 Å². The SMILES string of the molecule is CCN(C(=O)/C=C/c1cccs1)C1CCNCC1. The molecule has 18 heavy (non-hydrogen) atoms. The summed E-state index contributed by atoms with van der Waals surface area (Å²) in [4.78, 5) is 15.3. The fourth-order valence-corrected chi connectivity index (χ4v) is 2.97. The average Bonchev–Trinajstić information content (AvgIpc) is 2.92. The van der Waals surface area contributed by atoms with Gasteiger partial charge in [-0.05, 0) is 50.4 Å². The van der Waals surface area contributed by atoms with Gasteiger partial charge in [-0.2, -0.15) is 0 Å². The summed E-state index contributed by atoms with van der Waals surface area (Å²) in [6.45, 7) is 4.88. The summed E-state index contributed by atoms with van der Waals surface area (Å²) in [5.74, 6) is 0.137. The quantitative estimate of drug-likeness (QED) is 0.847. The number of carbonyl (C=O) groups excluding carboxylic acids is 1. The van der Waals surface area contributed by atoms with Crippen molar-refractivity contribution in [3.05, 3.63) is 28.5 Å². The second kappa shape index (κ2) is 6.71. The van der Waals surface area contributed by atoms with Crippen LogP contribution in [0.5, 0.6) is 0 Å². The van der Waals surface area contributed by atoms with Gasteiger partial charge in [0.05, 0.1) is 0 Å². The first kappa shape index (κ1) is 13.3. The van der Waals surface area contributed by atoms with Crippen molar-refractivity contribution >= 4 is 23.3 Å². The zero-order valence-electron chi connectivity index (χ0n) is 10.8. The minimum absolute atomic E-state index is 0.137. The van der Waals surface area contributed by atoms with Gasteiger partial charge in [0, 0.05) is 23.5 Å². The highest BCUT2D eigenvalue weighted by atomic mass is 32.1. The van der Waals surface area contributed by atoms with E-state index in [-0.39, 0.29) is 5.91 Å². The molecule has 1 aromatic heterocycles. The van der Waals surface area contributed by atoms with Gasteiger partial charge in [0.1, 0.15) is 0 Å². The van der Waals surface area contributed by atoms with Gasteiger partial charge in [-0.1, -0.05) is 6.07 Å². The zero-order valence-corrected chi connectivity index (χ0v) is 11.6. The Kier molecular flexibility index (Phi) is 4.96. The molecule has 1 aliphatic rings. The van der Waals surface area contributed by atoms with Gasteiger partial charge in [0.15, 0.2) is 0 Å². The summed E-state index contributed by atoms with van der Waals surface area (Å²) in [6, 6.07) is 4.42. The highest BCUT2D eigenvalue weighted by molar-refractivity contribution is 7.10. The van der Waals surface area contributed by atoms with Crippen molar-refractivity contribution in [2.24, 2.45) is 0 Å². The minimum Gasteiger partial charge on any atom is -0.336 e. The fourth-order valence-electron chi connectivity index (χ4n) is 2.35. The normalized spacial score (nSPS) is 17.2. The number of nitrogens with zero attached hydrogens (tertiary/aromatic N) is 1. The van der Waals surface area contributed by atoms with E-state index < -0.39 is 0 Å². The first-order valence-corrected chi connectivity index (χ1v) is 7.42. The molecule has 0 radical (unpaired) electrons. The topological polar surface area (TPSA) is 32.3 Å². The number of amides is 1. The number of hydrogen-bond donors (Lipinski definition) is 1. The molecule has 0 spiro atoms. The smallest absolute Gasteiger partial charge is 0.246 e. The molecule has 1 aliphatic heterocycles. The third-order valence-corrected chi connectivity index (χ3v) is 4.14. The Balaban J connectivity index is 1.96. The van der Waals surface area contributed by atoms with Crippen molar-refractivity contribution in [3.8, 4) is 0 Å². The van der Waals surface area contributed by atoms with E-state index in [1.54, 1.807) is 17.4 Å². The molecule has 0 unspecified atom stereocenters. The summed E-state index contributed by atoms with van der Waals surface area (Å²) >= 11 is 1.65. The summed E-state index contributed by atoms with van der Waals surface area (Å²) in [5.41, 5.74) is 0. The lowest BCUT2D eigenvalue weighted by Gasteiger charge is -2.33. The van der Waals surface area contributed by atoms with E-state index in [1.807, 2.05) is 28.5 Å². The van der Waals surface area contributed by atoms with Crippen molar-refractivity contribution in [1.82, 2.24) is 10.2 Å². The molecule has 0 aliphatic carbocycles. The molecule has 1 fully saturated rings. The maximum absolute atomic E-state index is 12.2. The second-order valence-electron chi connectivity index (χ2n) is 4.45. The van der Waals surface area contributed by atoms with Gasteiger partial charge in [0.25, 0.3) is 0 Å². The number of thiophene rings is 1. The van der Waals surface area contributed by atoms with Gasteiger partial charge in [-0.25, -0.2) is 0 Å². The van der Waals surface area contributed by atoms with E-state index in [0.717, 1.165) is 37.4 Å². The van der Waals surface area contributed by atoms with Crippen LogP contribution in [0.4, 0.5) is 0 Å². The zero-order chi connectivity index (χ0) is 12.8. The summed E-state index contributed by atoms with van der Waals surface area (Å²) in [7, 11) is 0. The van der Waals surface area contributed by atoms with Gasteiger partial charge in [-0.15, -0.1) is 11.3 Å². The van der Waals surface area contributed by atoms with E-state index >= 15 is 0 Å². The molecule has 1 saturated heterocycles. The third-order valence-electron chi connectivity index (χ3n) is 3.31. The Labute approximate surface area is 112 Å². The van der Waals surface area contributed by atoms with E-state index in [0.29, 0.717) is 6.04 Å². The van der Waals surface area contributed by atoms with Gasteiger partial charge >= 0.3 is 0 Å². The van der Waals surface area contributed by atoms with Crippen LogP contribution in [0.3, 0.4) is 0 Å². The molecular weight excluding hydrogens is 244 g/mol. The Morgan fingerprint density at radius 1 is 1.56 bits per heavy atom. The highest BCUT2D eigenvalue weighted by Gasteiger charge is 2.22. The molecule has 4 heteroatoms. The van der Waals surface area contributed by atoms with Crippen LogP contribution in [-0.4, -0.2) is 36.5 Å². The van der Waals surface area contributed by atoms with Crippen LogP contribution in [0.1, 0.15) is 24.6 Å². The molecular formula is C14H20N2OS. The van der Waals surface area contributed by atoms with Crippen molar-refractivity contribution in [1.29, 1.82) is 0 Å². The predicted octanol–water partition coefficient (Wildman–Crippen LogP) is 2.36. The molecule has 0 saturated carbocycles. The highest BCUT2D eigenvalue weighted by Crippen LogP contribution is 2.14. The molecule has 2 rings (SSSR count). The van der Waals surface area contributed by atoms with Crippen LogP contribution in [0.25, 0.3) is 6.08 Å². The lowest BCUT2D eigenvalue weighted by molar-refractivity contribution is -0.128. The van der Waals surface area contributed by atoms with Crippen LogP contribution < -0.4 is 5.32 Å². The van der Waals surface area contributed by atoms with Crippen LogP contribution in [0, 0.1) is 0 Å². The molecule has 2 heterocycles. The second-order valence-corrected chi connectivity index (χ2v) is 5.43. The van der Waals surface area contributed by atoms with Gasteiger partial charge in [0.2, 0.25) is 5.91 Å². The Morgan fingerprint density at radius 3 is 2.94 bits per heavy atom. The molecule has 1 aromatic rings.